The predicted molar refractivity (Wildman–Crippen MR) is 89.3 cm³/mol. The minimum atomic E-state index is 0.585. The fourth-order valence-corrected chi connectivity index (χ4v) is 2.63. The van der Waals surface area contributed by atoms with E-state index in [1.54, 1.807) is 18.6 Å². The summed E-state index contributed by atoms with van der Waals surface area (Å²) in [4.78, 5) is 12.0. The highest BCUT2D eigenvalue weighted by atomic mass is 35.5. The fraction of sp³-hybridized carbons (Fsp3) is 0.118. The van der Waals surface area contributed by atoms with Crippen LogP contribution >= 0.6 is 11.6 Å². The van der Waals surface area contributed by atoms with Crippen molar-refractivity contribution in [3.05, 3.63) is 64.5 Å². The summed E-state index contributed by atoms with van der Waals surface area (Å²) in [6, 6.07) is 5.84. The van der Waals surface area contributed by atoms with Gasteiger partial charge in [-0.1, -0.05) is 17.7 Å². The van der Waals surface area contributed by atoms with E-state index < -0.39 is 0 Å². The van der Waals surface area contributed by atoms with Crippen LogP contribution in [0, 0.1) is 13.5 Å². The number of halogens is 1. The van der Waals surface area contributed by atoms with Crippen LogP contribution in [0.2, 0.25) is 5.02 Å². The van der Waals surface area contributed by atoms with Gasteiger partial charge in [0, 0.05) is 17.5 Å². The van der Waals surface area contributed by atoms with Crippen molar-refractivity contribution in [1.29, 1.82) is 0 Å². The molecule has 0 atom stereocenters. The molecule has 5 heteroatoms. The molecule has 2 heterocycles. The maximum Gasteiger partial charge on any atom is 0.154 e. The van der Waals surface area contributed by atoms with Crippen molar-refractivity contribution in [1.82, 2.24) is 14.5 Å². The Bertz CT molecular complexity index is 932. The van der Waals surface area contributed by atoms with Crippen molar-refractivity contribution in [3.8, 4) is 11.4 Å². The Kier molecular flexibility index (Phi) is 3.66. The van der Waals surface area contributed by atoms with Crippen molar-refractivity contribution < 1.29 is 0 Å². The molecule has 0 bridgehead atoms. The predicted octanol–water partition coefficient (Wildman–Crippen LogP) is 4.49. The van der Waals surface area contributed by atoms with Gasteiger partial charge in [-0.15, -0.1) is 0 Å². The van der Waals surface area contributed by atoms with Crippen LogP contribution in [0.4, 0.5) is 0 Å². The summed E-state index contributed by atoms with van der Waals surface area (Å²) in [6.07, 6.45) is 6.66. The van der Waals surface area contributed by atoms with Gasteiger partial charge in [0.2, 0.25) is 0 Å². The molecule has 0 N–H and O–H groups in total. The minimum Gasteiger partial charge on any atom is -0.332 e. The van der Waals surface area contributed by atoms with Gasteiger partial charge in [-0.2, -0.15) is 0 Å². The SMILES string of the molecule is [C-]#[N+]/C=C/c1cc2c(C)cc(-c3cncn3C)nc2cc1Cl. The third kappa shape index (κ3) is 2.47. The Morgan fingerprint density at radius 2 is 2.14 bits per heavy atom. The number of pyridine rings is 1. The van der Waals surface area contributed by atoms with E-state index in [-0.39, 0.29) is 0 Å². The number of rotatable bonds is 2. The Morgan fingerprint density at radius 3 is 2.82 bits per heavy atom. The molecule has 3 aromatic rings. The second-order valence-electron chi connectivity index (χ2n) is 5.05. The Morgan fingerprint density at radius 1 is 1.32 bits per heavy atom. The lowest BCUT2D eigenvalue weighted by molar-refractivity contribution is 0.917. The molecule has 2 aromatic heterocycles. The summed E-state index contributed by atoms with van der Waals surface area (Å²) in [5.41, 5.74) is 4.59. The Balaban J connectivity index is 2.22. The van der Waals surface area contributed by atoms with Gasteiger partial charge in [-0.25, -0.2) is 14.8 Å². The first-order chi connectivity index (χ1) is 10.6. The maximum absolute atomic E-state index is 6.83. The van der Waals surface area contributed by atoms with E-state index in [2.05, 4.69) is 9.83 Å². The van der Waals surface area contributed by atoms with Crippen LogP contribution in [0.3, 0.4) is 0 Å². The molecule has 3 rings (SSSR count). The van der Waals surface area contributed by atoms with Gasteiger partial charge >= 0.3 is 0 Å². The number of aryl methyl sites for hydroxylation is 2. The number of aromatic nitrogens is 3. The molecule has 0 aliphatic rings. The average molecular weight is 309 g/mol. The number of benzene rings is 1. The quantitative estimate of drug-likeness (QED) is 0.654. The van der Waals surface area contributed by atoms with Gasteiger partial charge in [0.05, 0.1) is 36.0 Å². The molecule has 0 saturated carbocycles. The maximum atomic E-state index is 6.83. The summed E-state index contributed by atoms with van der Waals surface area (Å²) in [7, 11) is 1.94. The number of hydrogen-bond donors (Lipinski definition) is 0. The van der Waals surface area contributed by atoms with E-state index >= 15 is 0 Å². The largest absolute Gasteiger partial charge is 0.332 e. The zero-order valence-electron chi connectivity index (χ0n) is 12.2. The van der Waals surface area contributed by atoms with Gasteiger partial charge in [0.15, 0.2) is 6.20 Å². The molecule has 1 aromatic carbocycles. The Labute approximate surface area is 133 Å². The average Bonchev–Trinajstić information content (AvgIpc) is 2.91. The molecular formula is C17H13ClN4. The first kappa shape index (κ1) is 14.3. The van der Waals surface area contributed by atoms with Crippen molar-refractivity contribution in [2.45, 2.75) is 6.92 Å². The van der Waals surface area contributed by atoms with Gasteiger partial charge < -0.3 is 4.57 Å². The molecule has 0 aliphatic carbocycles. The van der Waals surface area contributed by atoms with Crippen molar-refractivity contribution >= 4 is 28.6 Å². The van der Waals surface area contributed by atoms with E-state index in [4.69, 9.17) is 23.2 Å². The molecule has 0 aliphatic heterocycles. The number of fused-ring (bicyclic) bond motifs is 1. The number of hydrogen-bond acceptors (Lipinski definition) is 2. The van der Waals surface area contributed by atoms with Gasteiger partial charge in [-0.05, 0) is 36.2 Å². The van der Waals surface area contributed by atoms with Gasteiger partial charge in [0.1, 0.15) is 0 Å². The van der Waals surface area contributed by atoms with Crippen LogP contribution < -0.4 is 0 Å². The van der Waals surface area contributed by atoms with E-state index in [0.717, 1.165) is 33.4 Å². The Hall–Kier alpha value is -2.64. The summed E-state index contributed by atoms with van der Waals surface area (Å²) in [5.74, 6) is 0. The molecule has 0 saturated heterocycles. The van der Waals surface area contributed by atoms with Crippen LogP contribution in [-0.2, 0) is 7.05 Å². The highest BCUT2D eigenvalue weighted by molar-refractivity contribution is 6.32. The normalized spacial score (nSPS) is 11.2. The smallest absolute Gasteiger partial charge is 0.154 e. The topological polar surface area (TPSA) is 35.1 Å². The summed E-state index contributed by atoms with van der Waals surface area (Å²) in [6.45, 7) is 8.87. The van der Waals surface area contributed by atoms with Crippen LogP contribution in [0.25, 0.3) is 33.2 Å². The first-order valence-corrected chi connectivity index (χ1v) is 7.08. The molecule has 4 nitrogen and oxygen atoms in total. The second kappa shape index (κ2) is 5.63. The molecule has 0 amide bonds. The lowest BCUT2D eigenvalue weighted by atomic mass is 10.0. The van der Waals surface area contributed by atoms with Crippen molar-refractivity contribution in [2.24, 2.45) is 7.05 Å². The molecule has 0 radical (unpaired) electrons. The third-order valence-electron chi connectivity index (χ3n) is 3.54. The molecule has 0 fully saturated rings. The number of nitrogens with zero attached hydrogens (tertiary/aromatic N) is 4. The highest BCUT2D eigenvalue weighted by Crippen LogP contribution is 2.29. The summed E-state index contributed by atoms with van der Waals surface area (Å²) in [5, 5.41) is 1.61. The zero-order valence-corrected chi connectivity index (χ0v) is 13.0. The highest BCUT2D eigenvalue weighted by Gasteiger charge is 2.10. The number of imidazole rings is 1. The van der Waals surface area contributed by atoms with Crippen LogP contribution in [0.5, 0.6) is 0 Å². The monoisotopic (exact) mass is 308 g/mol. The molecule has 0 unspecified atom stereocenters. The summed E-state index contributed by atoms with van der Waals surface area (Å²) < 4.78 is 1.93. The van der Waals surface area contributed by atoms with E-state index in [0.29, 0.717) is 5.02 Å². The van der Waals surface area contributed by atoms with Crippen molar-refractivity contribution in [2.75, 3.05) is 0 Å². The van der Waals surface area contributed by atoms with Crippen molar-refractivity contribution in [3.63, 3.8) is 0 Å². The summed E-state index contributed by atoms with van der Waals surface area (Å²) >= 11 is 6.29. The standard InChI is InChI=1S/C17H13ClN4/c1-11-6-16(17-9-20-10-22(17)3)21-15-8-14(18)12(4-5-19-2)7-13(11)15/h4-10H,1,3H3/b5-4+. The lowest BCUT2D eigenvalue weighted by Gasteiger charge is -2.09. The van der Waals surface area contributed by atoms with E-state index in [1.807, 2.05) is 36.7 Å². The minimum absolute atomic E-state index is 0.585. The molecule has 108 valence electrons. The fourth-order valence-electron chi connectivity index (χ4n) is 2.41. The van der Waals surface area contributed by atoms with Crippen LogP contribution in [-0.4, -0.2) is 14.5 Å². The van der Waals surface area contributed by atoms with Crippen LogP contribution in [0.1, 0.15) is 11.1 Å². The van der Waals surface area contributed by atoms with Gasteiger partial charge in [-0.3, -0.25) is 0 Å². The molecule has 22 heavy (non-hydrogen) atoms. The molecule has 0 spiro atoms. The zero-order chi connectivity index (χ0) is 15.7. The van der Waals surface area contributed by atoms with Crippen LogP contribution in [0.15, 0.2) is 36.9 Å². The molecular weight excluding hydrogens is 296 g/mol. The third-order valence-corrected chi connectivity index (χ3v) is 3.87. The van der Waals surface area contributed by atoms with E-state index in [1.165, 1.54) is 6.20 Å². The second-order valence-corrected chi connectivity index (χ2v) is 5.46. The first-order valence-electron chi connectivity index (χ1n) is 6.71. The van der Waals surface area contributed by atoms with E-state index in [9.17, 15) is 0 Å². The lowest BCUT2D eigenvalue weighted by Crippen LogP contribution is -1.94. The van der Waals surface area contributed by atoms with Gasteiger partial charge in [0.25, 0.3) is 0 Å².